The van der Waals surface area contributed by atoms with Crippen LogP contribution in [-0.2, 0) is 9.59 Å². The van der Waals surface area contributed by atoms with E-state index in [0.717, 1.165) is 5.56 Å². The molecule has 27 heavy (non-hydrogen) atoms. The quantitative estimate of drug-likeness (QED) is 0.766. The average Bonchev–Trinajstić information content (AvgIpc) is 2.62. The van der Waals surface area contributed by atoms with Crippen LogP contribution in [0.5, 0.6) is 0 Å². The molecule has 3 rings (SSSR count). The van der Waals surface area contributed by atoms with E-state index in [-0.39, 0.29) is 18.2 Å². The summed E-state index contributed by atoms with van der Waals surface area (Å²) in [5, 5.41) is 3.82. The number of benzene rings is 2. The van der Waals surface area contributed by atoms with Crippen LogP contribution in [0.3, 0.4) is 0 Å². The maximum Gasteiger partial charge on any atom is 0.238 e. The van der Waals surface area contributed by atoms with Gasteiger partial charge >= 0.3 is 0 Å². The summed E-state index contributed by atoms with van der Waals surface area (Å²) in [5.41, 5.74) is 2.14. The Balaban J connectivity index is 1.78. The molecule has 0 saturated carbocycles. The van der Waals surface area contributed by atoms with Crippen molar-refractivity contribution in [3.63, 3.8) is 0 Å². The third kappa shape index (κ3) is 4.83. The van der Waals surface area contributed by atoms with Crippen LogP contribution in [0.15, 0.2) is 47.5 Å². The third-order valence-electron chi connectivity index (χ3n) is 4.03. The molecule has 2 aromatic rings. The second-order valence-corrected chi connectivity index (χ2v) is 8.10. The second-order valence-electron chi connectivity index (χ2n) is 6.09. The number of aryl methyl sites for hydroxylation is 1. The van der Waals surface area contributed by atoms with E-state index in [4.69, 9.17) is 23.2 Å². The second kappa shape index (κ2) is 8.33. The summed E-state index contributed by atoms with van der Waals surface area (Å²) in [6.45, 7) is 1.89. The molecule has 0 aromatic heterocycles. The number of thioether (sulfide) groups is 1. The van der Waals surface area contributed by atoms with Crippen molar-refractivity contribution in [2.75, 3.05) is 12.4 Å². The fourth-order valence-electron chi connectivity index (χ4n) is 2.45. The lowest BCUT2D eigenvalue weighted by molar-refractivity contribution is -0.128. The van der Waals surface area contributed by atoms with E-state index < -0.39 is 5.25 Å². The molecule has 0 radical (unpaired) electrons. The first kappa shape index (κ1) is 19.7. The number of amidine groups is 1. The van der Waals surface area contributed by atoms with Gasteiger partial charge < -0.3 is 5.32 Å². The van der Waals surface area contributed by atoms with E-state index in [2.05, 4.69) is 10.3 Å². The van der Waals surface area contributed by atoms with Crippen molar-refractivity contribution in [2.24, 2.45) is 4.99 Å². The Morgan fingerprint density at radius 2 is 2.04 bits per heavy atom. The van der Waals surface area contributed by atoms with E-state index in [1.54, 1.807) is 43.4 Å². The minimum absolute atomic E-state index is 0.0984. The molecule has 1 saturated heterocycles. The number of rotatable bonds is 3. The Bertz CT molecular complexity index is 933. The molecule has 1 N–H and O–H groups in total. The minimum Gasteiger partial charge on any atom is -0.325 e. The SMILES string of the molecule is Cc1ccc(NC(=O)C2CC(=O)N(C)C(=Nc3cccc(Cl)c3)S2)cc1Cl. The highest BCUT2D eigenvalue weighted by Gasteiger charge is 2.34. The van der Waals surface area contributed by atoms with Crippen molar-refractivity contribution in [1.82, 2.24) is 4.90 Å². The first-order chi connectivity index (χ1) is 12.8. The number of hydrogen-bond acceptors (Lipinski definition) is 4. The van der Waals surface area contributed by atoms with Gasteiger partial charge in [0.05, 0.1) is 5.69 Å². The Morgan fingerprint density at radius 1 is 1.26 bits per heavy atom. The Hall–Kier alpha value is -2.02. The maximum absolute atomic E-state index is 12.6. The predicted octanol–water partition coefficient (Wildman–Crippen LogP) is 4.89. The molecule has 0 bridgehead atoms. The predicted molar refractivity (Wildman–Crippen MR) is 112 cm³/mol. The molecule has 140 valence electrons. The fraction of sp³-hybridized carbons (Fsp3) is 0.211. The first-order valence-electron chi connectivity index (χ1n) is 8.18. The molecule has 1 unspecified atom stereocenters. The van der Waals surface area contributed by atoms with E-state index in [9.17, 15) is 9.59 Å². The summed E-state index contributed by atoms with van der Waals surface area (Å²) >= 11 is 13.3. The molecule has 2 amide bonds. The molecule has 0 aliphatic carbocycles. The number of aliphatic imine (C=N–C) groups is 1. The number of anilines is 1. The molecule has 0 spiro atoms. The molecule has 1 fully saturated rings. The number of halogens is 2. The Labute approximate surface area is 171 Å². The summed E-state index contributed by atoms with van der Waals surface area (Å²) < 4.78 is 0. The van der Waals surface area contributed by atoms with Gasteiger partial charge in [-0.05, 0) is 42.8 Å². The maximum atomic E-state index is 12.6. The van der Waals surface area contributed by atoms with E-state index in [1.807, 2.05) is 13.0 Å². The molecule has 8 heteroatoms. The van der Waals surface area contributed by atoms with Crippen molar-refractivity contribution < 1.29 is 9.59 Å². The van der Waals surface area contributed by atoms with Crippen LogP contribution in [0, 0.1) is 6.92 Å². The van der Waals surface area contributed by atoms with Crippen molar-refractivity contribution in [1.29, 1.82) is 0 Å². The molecule has 1 aliphatic heterocycles. The average molecular weight is 422 g/mol. The third-order valence-corrected chi connectivity index (χ3v) is 5.92. The Kier molecular flexibility index (Phi) is 6.09. The Morgan fingerprint density at radius 3 is 2.74 bits per heavy atom. The van der Waals surface area contributed by atoms with Crippen LogP contribution in [0.2, 0.25) is 10.0 Å². The fourth-order valence-corrected chi connectivity index (χ4v) is 3.88. The lowest BCUT2D eigenvalue weighted by Gasteiger charge is -2.28. The van der Waals surface area contributed by atoms with Crippen LogP contribution in [0.25, 0.3) is 0 Å². The van der Waals surface area contributed by atoms with Gasteiger partial charge in [-0.25, -0.2) is 4.99 Å². The van der Waals surface area contributed by atoms with Crippen LogP contribution >= 0.6 is 35.0 Å². The summed E-state index contributed by atoms with van der Waals surface area (Å²) in [6.07, 6.45) is 0.0984. The first-order valence-corrected chi connectivity index (χ1v) is 9.81. The van der Waals surface area contributed by atoms with Gasteiger partial charge in [0.1, 0.15) is 5.25 Å². The lowest BCUT2D eigenvalue weighted by atomic mass is 10.2. The van der Waals surface area contributed by atoms with Gasteiger partial charge in [-0.1, -0.05) is 47.1 Å². The van der Waals surface area contributed by atoms with Crippen molar-refractivity contribution >= 4 is 63.3 Å². The van der Waals surface area contributed by atoms with Gasteiger partial charge in [0, 0.05) is 29.2 Å². The van der Waals surface area contributed by atoms with Crippen LogP contribution in [-0.4, -0.2) is 34.2 Å². The van der Waals surface area contributed by atoms with Gasteiger partial charge in [0.15, 0.2) is 5.17 Å². The number of nitrogens with zero attached hydrogens (tertiary/aromatic N) is 2. The number of amides is 2. The number of carbonyl (C=O) groups is 2. The molecular weight excluding hydrogens is 405 g/mol. The highest BCUT2D eigenvalue weighted by Crippen LogP contribution is 2.30. The zero-order chi connectivity index (χ0) is 19.6. The minimum atomic E-state index is -0.577. The van der Waals surface area contributed by atoms with Crippen LogP contribution in [0.1, 0.15) is 12.0 Å². The topological polar surface area (TPSA) is 61.8 Å². The van der Waals surface area contributed by atoms with Gasteiger partial charge in [0.2, 0.25) is 11.8 Å². The highest BCUT2D eigenvalue weighted by atomic mass is 35.5. The van der Waals surface area contributed by atoms with E-state index in [1.165, 1.54) is 16.7 Å². The molecular formula is C19H17Cl2N3O2S. The standard InChI is InChI=1S/C19H17Cl2N3O2S/c1-11-6-7-14(9-15(11)21)22-18(26)16-10-17(25)24(2)19(27-16)23-13-5-3-4-12(20)8-13/h3-9,16H,10H2,1-2H3,(H,22,26). The molecule has 5 nitrogen and oxygen atoms in total. The van der Waals surface area contributed by atoms with Crippen molar-refractivity contribution in [3.8, 4) is 0 Å². The van der Waals surface area contributed by atoms with E-state index in [0.29, 0.717) is 26.6 Å². The zero-order valence-corrected chi connectivity index (χ0v) is 17.0. The van der Waals surface area contributed by atoms with Gasteiger partial charge in [-0.15, -0.1) is 0 Å². The number of carbonyl (C=O) groups excluding carboxylic acids is 2. The zero-order valence-electron chi connectivity index (χ0n) is 14.7. The van der Waals surface area contributed by atoms with Gasteiger partial charge in [-0.2, -0.15) is 0 Å². The normalized spacial score (nSPS) is 18.7. The van der Waals surface area contributed by atoms with Gasteiger partial charge in [-0.3, -0.25) is 14.5 Å². The molecule has 1 aliphatic rings. The molecule has 1 heterocycles. The number of nitrogens with one attached hydrogen (secondary N) is 1. The van der Waals surface area contributed by atoms with E-state index >= 15 is 0 Å². The summed E-state index contributed by atoms with van der Waals surface area (Å²) in [5.74, 6) is -0.434. The highest BCUT2D eigenvalue weighted by molar-refractivity contribution is 8.15. The molecule has 2 aromatic carbocycles. The monoisotopic (exact) mass is 421 g/mol. The summed E-state index contributed by atoms with van der Waals surface area (Å²) in [6, 6.07) is 12.3. The number of hydrogen-bond donors (Lipinski definition) is 1. The largest absolute Gasteiger partial charge is 0.325 e. The summed E-state index contributed by atoms with van der Waals surface area (Å²) in [7, 11) is 1.65. The lowest BCUT2D eigenvalue weighted by Crippen LogP contribution is -2.43. The smallest absolute Gasteiger partial charge is 0.238 e. The van der Waals surface area contributed by atoms with Crippen LogP contribution in [0.4, 0.5) is 11.4 Å². The van der Waals surface area contributed by atoms with Crippen molar-refractivity contribution in [3.05, 3.63) is 58.1 Å². The molecule has 1 atom stereocenters. The van der Waals surface area contributed by atoms with Crippen LogP contribution < -0.4 is 5.32 Å². The van der Waals surface area contributed by atoms with Gasteiger partial charge in [0.25, 0.3) is 0 Å². The van der Waals surface area contributed by atoms with Crippen molar-refractivity contribution in [2.45, 2.75) is 18.6 Å². The summed E-state index contributed by atoms with van der Waals surface area (Å²) in [4.78, 5) is 30.9.